The molecule has 5 fully saturated rings. The third-order valence-corrected chi connectivity index (χ3v) is 11.6. The van der Waals surface area contributed by atoms with Gasteiger partial charge in [-0.3, -0.25) is 4.79 Å². The van der Waals surface area contributed by atoms with Crippen LogP contribution >= 0.6 is 0 Å². The molecule has 2 aliphatic heterocycles. The minimum atomic E-state index is -0.895. The minimum absolute atomic E-state index is 0.0107. The van der Waals surface area contributed by atoms with E-state index in [2.05, 4.69) is 58.9 Å². The lowest BCUT2D eigenvalue weighted by atomic mass is 9.50. The Morgan fingerprint density at radius 1 is 0.878 bits per heavy atom. The number of hydrogen-bond donors (Lipinski definition) is 1. The van der Waals surface area contributed by atoms with Gasteiger partial charge >= 0.3 is 0 Å². The fourth-order valence-electron chi connectivity index (χ4n) is 9.76. The molecule has 41 heavy (non-hydrogen) atoms. The Labute approximate surface area is 245 Å². The first-order chi connectivity index (χ1) is 19.3. The number of Topliss-reactive ketones (excluding diaryl/α,β-unsaturated/α-hetero) is 1. The first-order valence-electron chi connectivity index (χ1n) is 16.0. The van der Waals surface area contributed by atoms with Crippen molar-refractivity contribution in [1.82, 2.24) is 0 Å². The normalized spacial score (nSPS) is 42.1. The number of fused-ring (bicyclic) bond motifs is 4. The van der Waals surface area contributed by atoms with Crippen molar-refractivity contribution in [1.29, 1.82) is 0 Å². The second kappa shape index (κ2) is 9.46. The largest absolute Gasteiger partial charge is 0.385 e. The summed E-state index contributed by atoms with van der Waals surface area (Å²) < 4.78 is 12.3. The van der Waals surface area contributed by atoms with Gasteiger partial charge in [-0.05, 0) is 73.3 Å². The molecule has 0 bridgehead atoms. The summed E-state index contributed by atoms with van der Waals surface area (Å²) in [7, 11) is 0. The fourth-order valence-corrected chi connectivity index (χ4v) is 9.76. The van der Waals surface area contributed by atoms with E-state index in [1.54, 1.807) is 0 Å². The van der Waals surface area contributed by atoms with Gasteiger partial charge in [0.25, 0.3) is 0 Å². The number of carbonyl (C=O) groups is 1. The van der Waals surface area contributed by atoms with Crippen molar-refractivity contribution in [2.75, 3.05) is 19.8 Å². The molecule has 7 rings (SSSR count). The van der Waals surface area contributed by atoms with E-state index in [0.29, 0.717) is 50.3 Å². The van der Waals surface area contributed by atoms with Gasteiger partial charge in [-0.2, -0.15) is 0 Å². The van der Waals surface area contributed by atoms with E-state index in [1.807, 2.05) is 0 Å². The first-order valence-corrected chi connectivity index (χ1v) is 16.0. The lowest BCUT2D eigenvalue weighted by Crippen LogP contribution is -2.56. The van der Waals surface area contributed by atoms with Crippen molar-refractivity contribution >= 4 is 5.78 Å². The number of allylic oxidation sites excluding steroid dienone is 1. The Hall–Kier alpha value is -1.57. The lowest BCUT2D eigenvalue weighted by Gasteiger charge is -2.57. The average molecular weight is 565 g/mol. The zero-order chi connectivity index (χ0) is 28.8. The molecule has 3 saturated carbocycles. The smallest absolute Gasteiger partial charge is 0.183 e. The highest BCUT2D eigenvalue weighted by Crippen LogP contribution is 2.65. The second-order valence-electron chi connectivity index (χ2n) is 16.2. The molecule has 1 unspecified atom stereocenters. The first kappa shape index (κ1) is 28.2. The van der Waals surface area contributed by atoms with Crippen LogP contribution in [0, 0.1) is 28.1 Å². The predicted octanol–water partition coefficient (Wildman–Crippen LogP) is 6.97. The third-order valence-electron chi connectivity index (χ3n) is 11.6. The Kier molecular flexibility index (Phi) is 6.51. The van der Waals surface area contributed by atoms with Crippen LogP contribution in [0.1, 0.15) is 116 Å². The summed E-state index contributed by atoms with van der Waals surface area (Å²) in [4.78, 5) is 25.2. The number of ketones is 1. The maximum Gasteiger partial charge on any atom is 0.183 e. The van der Waals surface area contributed by atoms with Crippen molar-refractivity contribution < 1.29 is 29.1 Å². The van der Waals surface area contributed by atoms with Gasteiger partial charge in [0.1, 0.15) is 11.4 Å². The predicted molar refractivity (Wildman–Crippen MR) is 155 cm³/mol. The van der Waals surface area contributed by atoms with Gasteiger partial charge in [-0.15, -0.1) is 0 Å². The van der Waals surface area contributed by atoms with E-state index in [0.717, 1.165) is 50.5 Å². The Morgan fingerprint density at radius 3 is 2.39 bits per heavy atom. The molecular formula is C35H48O6. The molecule has 1 spiro atoms. The average Bonchev–Trinajstić information content (AvgIpc) is 3.20. The molecule has 0 amide bonds. The van der Waals surface area contributed by atoms with Gasteiger partial charge in [0, 0.05) is 35.2 Å². The number of hydrogen-bond acceptors (Lipinski definition) is 6. The minimum Gasteiger partial charge on any atom is -0.385 e. The molecule has 0 radical (unpaired) electrons. The summed E-state index contributed by atoms with van der Waals surface area (Å²) in [6.45, 7) is 12.9. The number of rotatable bonds is 2. The number of benzene rings is 1. The molecule has 1 N–H and O–H groups in total. The van der Waals surface area contributed by atoms with Gasteiger partial charge in [-0.25, -0.2) is 9.78 Å². The molecule has 1 aromatic carbocycles. The highest BCUT2D eigenvalue weighted by Gasteiger charge is 2.61. The molecular weight excluding hydrogens is 516 g/mol. The molecule has 2 saturated heterocycles. The lowest BCUT2D eigenvalue weighted by molar-refractivity contribution is -0.414. The highest BCUT2D eigenvalue weighted by molar-refractivity contribution is 5.87. The fraction of sp³-hybridized carbons (Fsp3) is 0.743. The SMILES string of the molecule is CC1(C)COC(c2cccc([C@H]3C[C@@]4(C)C(=O)CC[C@H]4[C@@H]4CC[C@@]5(O)CC6(CCC5=C43)CC(C)(C)COO6)c2)OC1. The van der Waals surface area contributed by atoms with E-state index in [-0.39, 0.29) is 28.5 Å². The van der Waals surface area contributed by atoms with Crippen LogP contribution in [0.3, 0.4) is 0 Å². The number of carbonyl (C=O) groups excluding carboxylic acids is 1. The standard InChI is InChI=1S/C35H48O6/c1-31(2)17-34(41-40-21-31)13-12-27-29-24(11-14-35(27,37)18-34)26-9-10-28(36)33(26,5)16-25(29)22-7-6-8-23(15-22)30-38-19-32(3,4)20-39-30/h6-8,15,24-26,30,37H,9-14,16-21H2,1-5H3/t24-,25+,26-,33+,34?,35+/m0/s1. The van der Waals surface area contributed by atoms with Crippen molar-refractivity contribution in [3.63, 3.8) is 0 Å². The molecule has 4 aliphatic carbocycles. The van der Waals surface area contributed by atoms with Crippen LogP contribution in [0.5, 0.6) is 0 Å². The zero-order valence-corrected chi connectivity index (χ0v) is 25.6. The van der Waals surface area contributed by atoms with Crippen molar-refractivity contribution in [3.8, 4) is 0 Å². The number of aliphatic hydroxyl groups is 1. The van der Waals surface area contributed by atoms with E-state index < -0.39 is 11.2 Å². The van der Waals surface area contributed by atoms with Crippen LogP contribution in [0.2, 0.25) is 0 Å². The van der Waals surface area contributed by atoms with Gasteiger partial charge in [-0.1, -0.05) is 64.5 Å². The van der Waals surface area contributed by atoms with Gasteiger partial charge in [0.2, 0.25) is 0 Å². The van der Waals surface area contributed by atoms with Gasteiger partial charge in [0.05, 0.1) is 25.4 Å². The van der Waals surface area contributed by atoms with Crippen molar-refractivity contribution in [2.45, 2.75) is 116 Å². The highest BCUT2D eigenvalue weighted by atomic mass is 17.2. The van der Waals surface area contributed by atoms with E-state index in [9.17, 15) is 9.90 Å². The molecule has 6 aliphatic rings. The summed E-state index contributed by atoms with van der Waals surface area (Å²) in [6.07, 6.45) is 6.89. The zero-order valence-electron chi connectivity index (χ0n) is 25.6. The molecule has 0 aromatic heterocycles. The summed E-state index contributed by atoms with van der Waals surface area (Å²) in [6, 6.07) is 8.68. The molecule has 1 aromatic rings. The molecule has 224 valence electrons. The maximum atomic E-state index is 13.4. The maximum absolute atomic E-state index is 13.4. The van der Waals surface area contributed by atoms with Gasteiger partial charge in [0.15, 0.2) is 6.29 Å². The summed E-state index contributed by atoms with van der Waals surface area (Å²) in [5.74, 6) is 1.21. The second-order valence-corrected chi connectivity index (χ2v) is 16.2. The van der Waals surface area contributed by atoms with E-state index >= 15 is 0 Å². The monoisotopic (exact) mass is 564 g/mol. The van der Waals surface area contributed by atoms with Crippen molar-refractivity contribution in [3.05, 3.63) is 46.5 Å². The molecule has 6 heteroatoms. The molecule has 6 nitrogen and oxygen atoms in total. The Bertz CT molecular complexity index is 1250. The van der Waals surface area contributed by atoms with Crippen LogP contribution in [-0.2, 0) is 24.0 Å². The van der Waals surface area contributed by atoms with Crippen LogP contribution in [0.25, 0.3) is 0 Å². The van der Waals surface area contributed by atoms with Crippen LogP contribution in [0.15, 0.2) is 35.4 Å². The molecule has 6 atom stereocenters. The number of ether oxygens (including phenoxy) is 2. The van der Waals surface area contributed by atoms with Crippen LogP contribution < -0.4 is 0 Å². The Balaban J connectivity index is 1.28. The van der Waals surface area contributed by atoms with E-state index in [1.165, 1.54) is 16.7 Å². The summed E-state index contributed by atoms with van der Waals surface area (Å²) in [5, 5.41) is 12.4. The molecule has 2 heterocycles. The van der Waals surface area contributed by atoms with Crippen molar-refractivity contribution in [2.24, 2.45) is 28.1 Å². The quantitative estimate of drug-likeness (QED) is 0.309. The summed E-state index contributed by atoms with van der Waals surface area (Å²) >= 11 is 0. The van der Waals surface area contributed by atoms with E-state index in [4.69, 9.17) is 19.2 Å². The Morgan fingerprint density at radius 2 is 1.63 bits per heavy atom. The third kappa shape index (κ3) is 4.68. The van der Waals surface area contributed by atoms with Crippen LogP contribution in [-0.4, -0.2) is 41.9 Å². The topological polar surface area (TPSA) is 74.2 Å². The van der Waals surface area contributed by atoms with Gasteiger partial charge < -0.3 is 14.6 Å². The van der Waals surface area contributed by atoms with Crippen LogP contribution in [0.4, 0.5) is 0 Å². The summed E-state index contributed by atoms with van der Waals surface area (Å²) in [5.41, 5.74) is 3.29.